The molecule has 1 atom stereocenters. The summed E-state index contributed by atoms with van der Waals surface area (Å²) < 4.78 is 5.31. The van der Waals surface area contributed by atoms with Crippen LogP contribution in [0.15, 0.2) is 4.52 Å². The number of hydrogen-bond donors (Lipinski definition) is 0. The first-order valence-electron chi connectivity index (χ1n) is 8.66. The van der Waals surface area contributed by atoms with Crippen LogP contribution in [0.5, 0.6) is 0 Å². The van der Waals surface area contributed by atoms with E-state index in [0.717, 1.165) is 59.6 Å². The summed E-state index contributed by atoms with van der Waals surface area (Å²) in [6.07, 6.45) is 5.25. The van der Waals surface area contributed by atoms with E-state index in [0.29, 0.717) is 11.8 Å². The summed E-state index contributed by atoms with van der Waals surface area (Å²) in [5.74, 6) is 2.79. The van der Waals surface area contributed by atoms with E-state index >= 15 is 0 Å². The highest BCUT2D eigenvalue weighted by Gasteiger charge is 2.31. The first-order chi connectivity index (χ1) is 11.6. The zero-order valence-corrected chi connectivity index (χ0v) is 14.9. The second-order valence-electron chi connectivity index (χ2n) is 6.92. The minimum Gasteiger partial charge on any atom is -0.339 e. The van der Waals surface area contributed by atoms with Gasteiger partial charge in [-0.05, 0) is 45.4 Å². The van der Waals surface area contributed by atoms with Crippen LogP contribution in [0, 0.1) is 19.8 Å². The minimum atomic E-state index is 0.135. The Labute approximate surface area is 145 Å². The molecule has 1 saturated carbocycles. The van der Waals surface area contributed by atoms with Crippen LogP contribution in [0.3, 0.4) is 0 Å². The number of nitrogens with zero attached hydrogens (tertiary/aromatic N) is 4. The molecule has 1 saturated heterocycles. The number of aryl methyl sites for hydroxylation is 3. The third-order valence-electron chi connectivity index (χ3n) is 4.86. The van der Waals surface area contributed by atoms with Gasteiger partial charge in [-0.2, -0.15) is 4.98 Å². The SMILES string of the molecule is Cc1nc(C)c(C(=O)N2CCC(CCc3noc(C4CC4)n3)C2)s1. The largest absolute Gasteiger partial charge is 0.339 e. The lowest BCUT2D eigenvalue weighted by Crippen LogP contribution is -2.28. The summed E-state index contributed by atoms with van der Waals surface area (Å²) in [6, 6.07) is 0. The van der Waals surface area contributed by atoms with Crippen molar-refractivity contribution in [1.29, 1.82) is 0 Å². The maximum Gasteiger partial charge on any atom is 0.265 e. The molecule has 1 unspecified atom stereocenters. The summed E-state index contributed by atoms with van der Waals surface area (Å²) in [5, 5.41) is 5.04. The van der Waals surface area contributed by atoms with E-state index in [1.54, 1.807) is 0 Å². The Kier molecular flexibility index (Phi) is 4.12. The fraction of sp³-hybridized carbons (Fsp3) is 0.647. The second kappa shape index (κ2) is 6.27. The van der Waals surface area contributed by atoms with Gasteiger partial charge in [-0.15, -0.1) is 11.3 Å². The van der Waals surface area contributed by atoms with E-state index in [1.165, 1.54) is 24.2 Å². The van der Waals surface area contributed by atoms with Crippen molar-refractivity contribution in [3.8, 4) is 0 Å². The zero-order valence-electron chi connectivity index (χ0n) is 14.1. The number of likely N-dealkylation sites (tertiary alicyclic amines) is 1. The molecule has 2 aliphatic rings. The van der Waals surface area contributed by atoms with Crippen molar-refractivity contribution in [3.05, 3.63) is 27.3 Å². The number of hydrogen-bond acceptors (Lipinski definition) is 6. The van der Waals surface area contributed by atoms with Crippen molar-refractivity contribution in [2.24, 2.45) is 5.92 Å². The van der Waals surface area contributed by atoms with Gasteiger partial charge in [-0.1, -0.05) is 5.16 Å². The van der Waals surface area contributed by atoms with Crippen molar-refractivity contribution in [1.82, 2.24) is 20.0 Å². The van der Waals surface area contributed by atoms with E-state index < -0.39 is 0 Å². The van der Waals surface area contributed by atoms with Crippen LogP contribution in [0.4, 0.5) is 0 Å². The zero-order chi connectivity index (χ0) is 16.7. The van der Waals surface area contributed by atoms with Gasteiger partial charge in [-0.3, -0.25) is 4.79 Å². The summed E-state index contributed by atoms with van der Waals surface area (Å²) in [4.78, 5) is 24.3. The summed E-state index contributed by atoms with van der Waals surface area (Å²) >= 11 is 1.50. The van der Waals surface area contributed by atoms with Gasteiger partial charge in [0.15, 0.2) is 5.82 Å². The van der Waals surface area contributed by atoms with Gasteiger partial charge in [0.05, 0.1) is 10.7 Å². The molecule has 1 aliphatic carbocycles. The number of carbonyl (C=O) groups excluding carboxylic acids is 1. The Balaban J connectivity index is 1.31. The summed E-state index contributed by atoms with van der Waals surface area (Å²) in [6.45, 7) is 5.52. The van der Waals surface area contributed by atoms with Crippen molar-refractivity contribution >= 4 is 17.2 Å². The molecular weight excluding hydrogens is 324 g/mol. The third kappa shape index (κ3) is 3.22. The van der Waals surface area contributed by atoms with Crippen LogP contribution in [0.2, 0.25) is 0 Å². The Hall–Kier alpha value is -1.76. The van der Waals surface area contributed by atoms with Crippen molar-refractivity contribution in [3.63, 3.8) is 0 Å². The molecule has 2 fully saturated rings. The van der Waals surface area contributed by atoms with Crippen molar-refractivity contribution < 1.29 is 9.32 Å². The summed E-state index contributed by atoms with van der Waals surface area (Å²) in [7, 11) is 0. The van der Waals surface area contributed by atoms with Crippen LogP contribution in [0.25, 0.3) is 0 Å². The van der Waals surface area contributed by atoms with E-state index in [2.05, 4.69) is 15.1 Å². The lowest BCUT2D eigenvalue weighted by atomic mass is 10.0. The number of thiazole rings is 1. The molecule has 2 aromatic rings. The molecule has 0 aromatic carbocycles. The monoisotopic (exact) mass is 346 g/mol. The first-order valence-corrected chi connectivity index (χ1v) is 9.47. The van der Waals surface area contributed by atoms with Crippen molar-refractivity contribution in [2.45, 2.75) is 51.9 Å². The van der Waals surface area contributed by atoms with Gasteiger partial charge < -0.3 is 9.42 Å². The number of amides is 1. The van der Waals surface area contributed by atoms with Crippen LogP contribution < -0.4 is 0 Å². The normalized spacial score (nSPS) is 20.8. The highest BCUT2D eigenvalue weighted by Crippen LogP contribution is 2.39. The molecule has 128 valence electrons. The maximum atomic E-state index is 12.6. The van der Waals surface area contributed by atoms with Crippen LogP contribution >= 0.6 is 11.3 Å². The first kappa shape index (κ1) is 15.7. The highest BCUT2D eigenvalue weighted by atomic mass is 32.1. The molecule has 0 bridgehead atoms. The van der Waals surface area contributed by atoms with Crippen LogP contribution in [0.1, 0.15) is 63.7 Å². The van der Waals surface area contributed by atoms with E-state index in [-0.39, 0.29) is 5.91 Å². The van der Waals surface area contributed by atoms with E-state index in [1.807, 2.05) is 18.7 Å². The van der Waals surface area contributed by atoms with Gasteiger partial charge in [-0.25, -0.2) is 4.98 Å². The number of aromatic nitrogens is 3. The van der Waals surface area contributed by atoms with Gasteiger partial charge in [0.2, 0.25) is 5.89 Å². The van der Waals surface area contributed by atoms with Crippen LogP contribution in [-0.2, 0) is 6.42 Å². The average Bonchev–Trinajstić information content (AvgIpc) is 2.97. The molecule has 3 heterocycles. The molecule has 0 spiro atoms. The Morgan fingerprint density at radius 3 is 2.83 bits per heavy atom. The second-order valence-corrected chi connectivity index (χ2v) is 8.12. The minimum absolute atomic E-state index is 0.135. The molecule has 1 aliphatic heterocycles. The molecule has 4 rings (SSSR count). The Morgan fingerprint density at radius 2 is 2.12 bits per heavy atom. The molecule has 0 N–H and O–H groups in total. The van der Waals surface area contributed by atoms with E-state index in [9.17, 15) is 4.79 Å². The molecular formula is C17H22N4O2S. The lowest BCUT2D eigenvalue weighted by molar-refractivity contribution is 0.0790. The van der Waals surface area contributed by atoms with Gasteiger partial charge >= 0.3 is 0 Å². The molecule has 1 amide bonds. The smallest absolute Gasteiger partial charge is 0.265 e. The van der Waals surface area contributed by atoms with E-state index in [4.69, 9.17) is 4.52 Å². The number of rotatable bonds is 5. The fourth-order valence-corrected chi connectivity index (χ4v) is 4.21. The predicted octanol–water partition coefficient (Wildman–Crippen LogP) is 3.12. The van der Waals surface area contributed by atoms with Gasteiger partial charge in [0, 0.05) is 25.4 Å². The Morgan fingerprint density at radius 1 is 1.29 bits per heavy atom. The van der Waals surface area contributed by atoms with Gasteiger partial charge in [0.1, 0.15) is 4.88 Å². The third-order valence-corrected chi connectivity index (χ3v) is 5.92. The molecule has 24 heavy (non-hydrogen) atoms. The number of carbonyl (C=O) groups is 1. The maximum absolute atomic E-state index is 12.6. The average molecular weight is 346 g/mol. The molecule has 0 radical (unpaired) electrons. The van der Waals surface area contributed by atoms with Crippen LogP contribution in [-0.4, -0.2) is 39.0 Å². The van der Waals surface area contributed by atoms with Gasteiger partial charge in [0.25, 0.3) is 5.91 Å². The molecule has 2 aromatic heterocycles. The Bertz CT molecular complexity index is 750. The predicted molar refractivity (Wildman–Crippen MR) is 90.2 cm³/mol. The standard InChI is InChI=1S/C17H22N4O2S/c1-10-15(24-11(2)18-10)17(22)21-8-7-12(9-21)3-6-14-19-16(23-20-14)13-4-5-13/h12-13H,3-9H2,1-2H3. The lowest BCUT2D eigenvalue weighted by Gasteiger charge is -2.15. The fourth-order valence-electron chi connectivity index (χ4n) is 3.32. The molecule has 7 heteroatoms. The molecule has 6 nitrogen and oxygen atoms in total. The summed E-state index contributed by atoms with van der Waals surface area (Å²) in [5.41, 5.74) is 0.852. The van der Waals surface area contributed by atoms with Crippen molar-refractivity contribution in [2.75, 3.05) is 13.1 Å². The quantitative estimate of drug-likeness (QED) is 0.832. The highest BCUT2D eigenvalue weighted by molar-refractivity contribution is 7.13. The topological polar surface area (TPSA) is 72.1 Å².